The summed E-state index contributed by atoms with van der Waals surface area (Å²) >= 11 is 3.34. The monoisotopic (exact) mass is 242 g/mol. The lowest BCUT2D eigenvalue weighted by atomic mass is 10.0. The van der Waals surface area contributed by atoms with E-state index in [1.54, 1.807) is 12.1 Å². The van der Waals surface area contributed by atoms with Crippen molar-refractivity contribution in [2.75, 3.05) is 0 Å². The normalized spacial score (nSPS) is 10.0. The van der Waals surface area contributed by atoms with Crippen molar-refractivity contribution in [1.82, 2.24) is 0 Å². The van der Waals surface area contributed by atoms with Crippen LogP contribution in [-0.4, -0.2) is 11.1 Å². The Balaban J connectivity index is 3.13. The summed E-state index contributed by atoms with van der Waals surface area (Å²) in [6.07, 6.45) is 0.931. The number of carboxylic acid groups (broad SMARTS) is 1. The van der Waals surface area contributed by atoms with E-state index in [0.717, 1.165) is 12.0 Å². The van der Waals surface area contributed by atoms with Crippen molar-refractivity contribution in [2.24, 2.45) is 0 Å². The molecule has 0 heterocycles. The number of aryl methyl sites for hydroxylation is 1. The molecule has 1 aromatic carbocycles. The molecule has 0 aliphatic carbocycles. The van der Waals surface area contributed by atoms with Gasteiger partial charge in [0.1, 0.15) is 0 Å². The van der Waals surface area contributed by atoms with Gasteiger partial charge in [0, 0.05) is 5.33 Å². The molecular formula is C10H11BrO2. The Hall–Kier alpha value is -0.830. The Morgan fingerprint density at radius 1 is 1.46 bits per heavy atom. The van der Waals surface area contributed by atoms with Gasteiger partial charge in [-0.1, -0.05) is 28.9 Å². The van der Waals surface area contributed by atoms with Crippen molar-refractivity contribution in [3.8, 4) is 0 Å². The highest BCUT2D eigenvalue weighted by Crippen LogP contribution is 2.15. The van der Waals surface area contributed by atoms with Crippen LogP contribution in [0.2, 0.25) is 0 Å². The zero-order chi connectivity index (χ0) is 9.84. The molecule has 1 aromatic rings. The van der Waals surface area contributed by atoms with Crippen LogP contribution >= 0.6 is 15.9 Å². The molecule has 0 atom stereocenters. The fourth-order valence-corrected chi connectivity index (χ4v) is 1.75. The molecule has 0 aromatic heterocycles. The molecule has 0 unspecified atom stereocenters. The molecule has 1 rings (SSSR count). The highest BCUT2D eigenvalue weighted by atomic mass is 79.9. The number of alkyl halides is 1. The number of carbonyl (C=O) groups is 1. The fraction of sp³-hybridized carbons (Fsp3) is 0.300. The minimum absolute atomic E-state index is 0.353. The maximum absolute atomic E-state index is 10.7. The van der Waals surface area contributed by atoms with E-state index in [2.05, 4.69) is 22.9 Å². The molecule has 13 heavy (non-hydrogen) atoms. The van der Waals surface area contributed by atoms with Gasteiger partial charge in [-0.2, -0.15) is 0 Å². The van der Waals surface area contributed by atoms with Crippen LogP contribution < -0.4 is 0 Å². The summed E-state index contributed by atoms with van der Waals surface area (Å²) in [5, 5.41) is 9.46. The number of halogens is 1. The maximum atomic E-state index is 10.7. The summed E-state index contributed by atoms with van der Waals surface area (Å²) in [5.41, 5.74) is 2.61. The zero-order valence-corrected chi connectivity index (χ0v) is 8.97. The van der Waals surface area contributed by atoms with Crippen molar-refractivity contribution in [3.05, 3.63) is 34.9 Å². The average molecular weight is 243 g/mol. The van der Waals surface area contributed by atoms with Crippen molar-refractivity contribution >= 4 is 21.9 Å². The lowest BCUT2D eigenvalue weighted by molar-refractivity contribution is 0.0697. The van der Waals surface area contributed by atoms with Crippen LogP contribution in [0.5, 0.6) is 0 Å². The van der Waals surface area contributed by atoms with Crippen LogP contribution in [0, 0.1) is 0 Å². The lowest BCUT2D eigenvalue weighted by Crippen LogP contribution is -1.99. The van der Waals surface area contributed by atoms with Gasteiger partial charge >= 0.3 is 5.97 Å². The molecule has 0 amide bonds. The second-order valence-corrected chi connectivity index (χ2v) is 3.34. The van der Waals surface area contributed by atoms with Gasteiger partial charge in [0.15, 0.2) is 0 Å². The van der Waals surface area contributed by atoms with Gasteiger partial charge in [0.25, 0.3) is 0 Å². The molecule has 0 fully saturated rings. The minimum Gasteiger partial charge on any atom is -0.478 e. The molecule has 0 saturated carbocycles. The largest absolute Gasteiger partial charge is 0.478 e. The summed E-state index contributed by atoms with van der Waals surface area (Å²) in [7, 11) is 0. The van der Waals surface area contributed by atoms with E-state index in [9.17, 15) is 4.79 Å². The van der Waals surface area contributed by atoms with Gasteiger partial charge in [0.2, 0.25) is 0 Å². The molecule has 70 valence electrons. The standard InChI is InChI=1S/C10H11BrO2/c1-2-7-3-4-8(10(12)13)5-9(7)6-11/h3-5H,2,6H2,1H3,(H,12,13). The third-order valence-corrected chi connectivity index (χ3v) is 2.58. The first kappa shape index (κ1) is 10.3. The number of hydrogen-bond donors (Lipinski definition) is 1. The van der Waals surface area contributed by atoms with Crippen molar-refractivity contribution in [2.45, 2.75) is 18.7 Å². The van der Waals surface area contributed by atoms with E-state index >= 15 is 0 Å². The average Bonchev–Trinajstić information content (AvgIpc) is 2.16. The van der Waals surface area contributed by atoms with Crippen molar-refractivity contribution < 1.29 is 9.90 Å². The molecule has 0 bridgehead atoms. The molecule has 0 spiro atoms. The summed E-state index contributed by atoms with van der Waals surface area (Å²) in [6.45, 7) is 2.06. The Labute approximate surface area is 85.7 Å². The Bertz CT molecular complexity index is 321. The molecule has 0 radical (unpaired) electrons. The predicted octanol–water partition coefficient (Wildman–Crippen LogP) is 2.84. The smallest absolute Gasteiger partial charge is 0.335 e. The fourth-order valence-electron chi connectivity index (χ4n) is 1.23. The summed E-state index contributed by atoms with van der Waals surface area (Å²) in [6, 6.07) is 5.24. The van der Waals surface area contributed by atoms with E-state index in [1.165, 1.54) is 5.56 Å². The topological polar surface area (TPSA) is 37.3 Å². The molecule has 2 nitrogen and oxygen atoms in total. The third-order valence-electron chi connectivity index (χ3n) is 1.98. The quantitative estimate of drug-likeness (QED) is 0.829. The molecular weight excluding hydrogens is 232 g/mol. The number of benzene rings is 1. The Kier molecular flexibility index (Phi) is 3.48. The van der Waals surface area contributed by atoms with Crippen LogP contribution in [0.15, 0.2) is 18.2 Å². The van der Waals surface area contributed by atoms with Gasteiger partial charge in [-0.25, -0.2) is 4.79 Å². The lowest BCUT2D eigenvalue weighted by Gasteiger charge is -2.05. The van der Waals surface area contributed by atoms with E-state index < -0.39 is 5.97 Å². The van der Waals surface area contributed by atoms with Gasteiger partial charge in [-0.15, -0.1) is 0 Å². The highest BCUT2D eigenvalue weighted by molar-refractivity contribution is 9.08. The number of aromatic carboxylic acids is 1. The third kappa shape index (κ3) is 2.31. The highest BCUT2D eigenvalue weighted by Gasteiger charge is 2.05. The van der Waals surface area contributed by atoms with Crippen molar-refractivity contribution in [1.29, 1.82) is 0 Å². The SMILES string of the molecule is CCc1ccc(C(=O)O)cc1CBr. The number of carboxylic acids is 1. The Morgan fingerprint density at radius 3 is 2.62 bits per heavy atom. The zero-order valence-electron chi connectivity index (χ0n) is 7.38. The first-order valence-corrected chi connectivity index (χ1v) is 5.22. The summed E-state index contributed by atoms with van der Waals surface area (Å²) < 4.78 is 0. The van der Waals surface area contributed by atoms with Crippen LogP contribution in [0.1, 0.15) is 28.4 Å². The molecule has 1 N–H and O–H groups in total. The molecule has 0 saturated heterocycles. The van der Waals surface area contributed by atoms with Gasteiger partial charge in [-0.05, 0) is 29.7 Å². The van der Waals surface area contributed by atoms with E-state index in [-0.39, 0.29) is 0 Å². The molecule has 0 aliphatic heterocycles. The molecule has 0 aliphatic rings. The predicted molar refractivity (Wildman–Crippen MR) is 55.4 cm³/mol. The minimum atomic E-state index is -0.871. The number of rotatable bonds is 3. The number of hydrogen-bond acceptors (Lipinski definition) is 1. The van der Waals surface area contributed by atoms with E-state index in [1.807, 2.05) is 6.07 Å². The van der Waals surface area contributed by atoms with Crippen LogP contribution in [0.25, 0.3) is 0 Å². The summed E-state index contributed by atoms with van der Waals surface area (Å²) in [4.78, 5) is 10.7. The summed E-state index contributed by atoms with van der Waals surface area (Å²) in [5.74, 6) is -0.871. The van der Waals surface area contributed by atoms with Gasteiger partial charge in [0.05, 0.1) is 5.56 Å². The second kappa shape index (κ2) is 4.42. The van der Waals surface area contributed by atoms with Crippen LogP contribution in [-0.2, 0) is 11.8 Å². The van der Waals surface area contributed by atoms with Crippen molar-refractivity contribution in [3.63, 3.8) is 0 Å². The van der Waals surface area contributed by atoms with E-state index in [0.29, 0.717) is 10.9 Å². The second-order valence-electron chi connectivity index (χ2n) is 2.78. The van der Waals surface area contributed by atoms with E-state index in [4.69, 9.17) is 5.11 Å². The molecule has 3 heteroatoms. The van der Waals surface area contributed by atoms with Gasteiger partial charge < -0.3 is 5.11 Å². The van der Waals surface area contributed by atoms with Crippen LogP contribution in [0.3, 0.4) is 0 Å². The Morgan fingerprint density at radius 2 is 2.15 bits per heavy atom. The first-order valence-electron chi connectivity index (χ1n) is 4.10. The van der Waals surface area contributed by atoms with Gasteiger partial charge in [-0.3, -0.25) is 0 Å². The maximum Gasteiger partial charge on any atom is 0.335 e. The van der Waals surface area contributed by atoms with Crippen LogP contribution in [0.4, 0.5) is 0 Å². The first-order chi connectivity index (χ1) is 6.19.